The third-order valence-corrected chi connectivity index (χ3v) is 4.36. The molecule has 7 nitrogen and oxygen atoms in total. The molecule has 3 rings (SSSR count). The lowest BCUT2D eigenvalue weighted by atomic mass is 10.1. The second-order valence-corrected chi connectivity index (χ2v) is 6.58. The van der Waals surface area contributed by atoms with Crippen molar-refractivity contribution in [3.05, 3.63) is 54.6 Å². The molecule has 0 aromatic heterocycles. The van der Waals surface area contributed by atoms with Crippen LogP contribution in [0.4, 0.5) is 24.5 Å². The van der Waals surface area contributed by atoms with Gasteiger partial charge in [0.2, 0.25) is 17.7 Å². The molecule has 1 aliphatic heterocycles. The number of amides is 3. The number of carbonyl (C=O) groups is 3. The Bertz CT molecular complexity index is 917. The monoisotopic (exact) mass is 421 g/mol. The fourth-order valence-electron chi connectivity index (χ4n) is 3.00. The number of alkyl halides is 3. The predicted molar refractivity (Wildman–Crippen MR) is 102 cm³/mol. The van der Waals surface area contributed by atoms with Crippen LogP contribution in [0.1, 0.15) is 6.42 Å². The Morgan fingerprint density at radius 1 is 1.07 bits per heavy atom. The highest BCUT2D eigenvalue weighted by atomic mass is 19.4. The van der Waals surface area contributed by atoms with Crippen molar-refractivity contribution < 1.29 is 32.3 Å². The Morgan fingerprint density at radius 3 is 2.37 bits per heavy atom. The number of carbonyl (C=O) groups excluding carboxylic acids is 3. The molecule has 10 heteroatoms. The van der Waals surface area contributed by atoms with E-state index in [0.29, 0.717) is 5.69 Å². The zero-order valence-electron chi connectivity index (χ0n) is 15.6. The lowest BCUT2D eigenvalue weighted by molar-refractivity contribution is -0.274. The molecule has 0 unspecified atom stereocenters. The number of halogens is 3. The van der Waals surface area contributed by atoms with Crippen molar-refractivity contribution in [2.45, 2.75) is 12.8 Å². The summed E-state index contributed by atoms with van der Waals surface area (Å²) < 4.78 is 40.2. The molecule has 0 saturated carbocycles. The maximum absolute atomic E-state index is 12.3. The van der Waals surface area contributed by atoms with E-state index >= 15 is 0 Å². The van der Waals surface area contributed by atoms with Crippen LogP contribution in [-0.2, 0) is 14.4 Å². The largest absolute Gasteiger partial charge is 0.573 e. The molecule has 2 aromatic carbocycles. The quantitative estimate of drug-likeness (QED) is 0.751. The molecule has 1 aliphatic rings. The smallest absolute Gasteiger partial charge is 0.406 e. The lowest BCUT2D eigenvalue weighted by Gasteiger charge is -2.16. The molecule has 0 spiro atoms. The number of hydrogen-bond acceptors (Lipinski definition) is 4. The van der Waals surface area contributed by atoms with Crippen LogP contribution < -0.4 is 20.3 Å². The van der Waals surface area contributed by atoms with Gasteiger partial charge in [-0.15, -0.1) is 13.2 Å². The highest BCUT2D eigenvalue weighted by Crippen LogP contribution is 2.25. The van der Waals surface area contributed by atoms with Crippen molar-refractivity contribution >= 4 is 29.1 Å². The van der Waals surface area contributed by atoms with Gasteiger partial charge in [-0.2, -0.15) is 0 Å². The number of nitrogens with zero attached hydrogens (tertiary/aromatic N) is 1. The van der Waals surface area contributed by atoms with Crippen molar-refractivity contribution in [2.24, 2.45) is 5.92 Å². The summed E-state index contributed by atoms with van der Waals surface area (Å²) in [6, 6.07) is 13.6. The molecule has 30 heavy (non-hydrogen) atoms. The van der Waals surface area contributed by atoms with E-state index in [-0.39, 0.29) is 31.1 Å². The summed E-state index contributed by atoms with van der Waals surface area (Å²) in [5, 5.41) is 4.93. The minimum Gasteiger partial charge on any atom is -0.406 e. The summed E-state index contributed by atoms with van der Waals surface area (Å²) in [5.41, 5.74) is 0.948. The van der Waals surface area contributed by atoms with Crippen LogP contribution in [0.15, 0.2) is 54.6 Å². The number of benzene rings is 2. The fourth-order valence-corrected chi connectivity index (χ4v) is 3.00. The van der Waals surface area contributed by atoms with E-state index in [0.717, 1.165) is 12.1 Å². The minimum absolute atomic E-state index is 0.0447. The van der Waals surface area contributed by atoms with Crippen LogP contribution in [0.5, 0.6) is 5.75 Å². The Labute approximate surface area is 169 Å². The summed E-state index contributed by atoms with van der Waals surface area (Å²) in [4.78, 5) is 38.0. The van der Waals surface area contributed by atoms with Crippen LogP contribution in [0.25, 0.3) is 0 Å². The highest BCUT2D eigenvalue weighted by Gasteiger charge is 2.35. The summed E-state index contributed by atoms with van der Waals surface area (Å²) in [6.45, 7) is -0.118. The van der Waals surface area contributed by atoms with Gasteiger partial charge < -0.3 is 20.3 Å². The first kappa shape index (κ1) is 21.2. The summed E-state index contributed by atoms with van der Waals surface area (Å²) in [7, 11) is 0. The molecule has 0 aliphatic carbocycles. The average molecular weight is 421 g/mol. The van der Waals surface area contributed by atoms with Crippen molar-refractivity contribution in [1.82, 2.24) is 5.32 Å². The molecule has 1 fully saturated rings. The summed E-state index contributed by atoms with van der Waals surface area (Å²) in [6.07, 6.45) is -4.75. The van der Waals surface area contributed by atoms with Crippen molar-refractivity contribution in [2.75, 3.05) is 23.3 Å². The zero-order chi connectivity index (χ0) is 21.7. The number of nitrogens with one attached hydrogen (secondary N) is 2. The third kappa shape index (κ3) is 5.72. The standard InChI is InChI=1S/C20H18F3N3O4/c21-20(22,23)30-16-8-6-14(7-9-16)25-17(27)11-24-19(29)13-10-18(28)26(12-13)15-4-2-1-3-5-15/h1-9,13H,10-12H2,(H,24,29)(H,25,27)/t13-/m0/s1. The van der Waals surface area contributed by atoms with Crippen LogP contribution in [0.3, 0.4) is 0 Å². The second-order valence-electron chi connectivity index (χ2n) is 6.58. The lowest BCUT2D eigenvalue weighted by Crippen LogP contribution is -2.37. The van der Waals surface area contributed by atoms with E-state index in [9.17, 15) is 27.6 Å². The van der Waals surface area contributed by atoms with E-state index in [1.54, 1.807) is 24.3 Å². The summed E-state index contributed by atoms with van der Waals surface area (Å²) >= 11 is 0. The molecule has 3 amide bonds. The minimum atomic E-state index is -4.80. The van der Waals surface area contributed by atoms with Gasteiger partial charge in [-0.3, -0.25) is 14.4 Å². The summed E-state index contributed by atoms with van der Waals surface area (Å²) in [5.74, 6) is -2.15. The van der Waals surface area contributed by atoms with E-state index in [2.05, 4.69) is 15.4 Å². The molecule has 1 atom stereocenters. The van der Waals surface area contributed by atoms with E-state index in [4.69, 9.17) is 0 Å². The van der Waals surface area contributed by atoms with E-state index in [1.165, 1.54) is 17.0 Å². The topological polar surface area (TPSA) is 87.7 Å². The van der Waals surface area contributed by atoms with Gasteiger partial charge in [-0.1, -0.05) is 18.2 Å². The molecule has 2 N–H and O–H groups in total. The maximum atomic E-state index is 12.3. The van der Waals surface area contributed by atoms with E-state index in [1.807, 2.05) is 6.07 Å². The first-order valence-corrected chi connectivity index (χ1v) is 9.00. The normalized spacial score (nSPS) is 16.3. The van der Waals surface area contributed by atoms with Crippen molar-refractivity contribution in [3.63, 3.8) is 0 Å². The SMILES string of the molecule is O=C(CNC(=O)[C@H]1CC(=O)N(c2ccccc2)C1)Nc1ccc(OC(F)(F)F)cc1. The second kappa shape index (κ2) is 8.85. The fraction of sp³-hybridized carbons (Fsp3) is 0.250. The van der Waals surface area contributed by atoms with Crippen LogP contribution in [0, 0.1) is 5.92 Å². The molecule has 2 aromatic rings. The van der Waals surface area contributed by atoms with Crippen molar-refractivity contribution in [1.29, 1.82) is 0 Å². The van der Waals surface area contributed by atoms with Gasteiger partial charge in [0, 0.05) is 24.3 Å². The number of anilines is 2. The molecule has 0 radical (unpaired) electrons. The Hall–Kier alpha value is -3.56. The highest BCUT2D eigenvalue weighted by molar-refractivity contribution is 6.01. The maximum Gasteiger partial charge on any atom is 0.573 e. The molecule has 1 saturated heterocycles. The van der Waals surface area contributed by atoms with Crippen LogP contribution in [0.2, 0.25) is 0 Å². The molecule has 0 bridgehead atoms. The average Bonchev–Trinajstić information content (AvgIpc) is 3.09. The molecular weight excluding hydrogens is 403 g/mol. The third-order valence-electron chi connectivity index (χ3n) is 4.36. The number of para-hydroxylation sites is 1. The first-order valence-electron chi connectivity index (χ1n) is 9.00. The zero-order valence-corrected chi connectivity index (χ0v) is 15.6. The van der Waals surface area contributed by atoms with Gasteiger partial charge in [0.1, 0.15) is 5.75 Å². The van der Waals surface area contributed by atoms with Gasteiger partial charge in [-0.25, -0.2) is 0 Å². The van der Waals surface area contributed by atoms with Gasteiger partial charge in [-0.05, 0) is 36.4 Å². The molecular formula is C20H18F3N3O4. The van der Waals surface area contributed by atoms with Crippen LogP contribution >= 0.6 is 0 Å². The molecule has 158 valence electrons. The Morgan fingerprint density at radius 2 is 1.73 bits per heavy atom. The Balaban J connectivity index is 1.47. The molecule has 1 heterocycles. The van der Waals surface area contributed by atoms with Gasteiger partial charge in [0.05, 0.1) is 12.5 Å². The predicted octanol–water partition coefficient (Wildman–Crippen LogP) is 2.69. The number of rotatable bonds is 6. The van der Waals surface area contributed by atoms with Gasteiger partial charge >= 0.3 is 6.36 Å². The van der Waals surface area contributed by atoms with E-state index < -0.39 is 29.8 Å². The van der Waals surface area contributed by atoms with Crippen molar-refractivity contribution in [3.8, 4) is 5.75 Å². The van der Waals surface area contributed by atoms with Gasteiger partial charge in [0.15, 0.2) is 0 Å². The van der Waals surface area contributed by atoms with Crippen LogP contribution in [-0.4, -0.2) is 37.2 Å². The first-order chi connectivity index (χ1) is 14.2. The number of hydrogen-bond donors (Lipinski definition) is 2. The Kier molecular flexibility index (Phi) is 6.24. The van der Waals surface area contributed by atoms with Gasteiger partial charge in [0.25, 0.3) is 0 Å². The number of ether oxygens (including phenoxy) is 1.